The fourth-order valence-corrected chi connectivity index (χ4v) is 2.84. The molecule has 0 bridgehead atoms. The number of hydrogen-bond acceptors (Lipinski definition) is 4. The maximum Gasteiger partial charge on any atom is 0.308 e. The Bertz CT molecular complexity index is 518. The molecule has 4 heteroatoms. The molecule has 0 N–H and O–H groups in total. The molecule has 0 aliphatic rings. The van der Waals surface area contributed by atoms with Crippen LogP contribution in [0.2, 0.25) is 0 Å². The summed E-state index contributed by atoms with van der Waals surface area (Å²) in [5, 5.41) is -0.293. The standard InChI is InChI=1S/C15H20O3S/c1-9-6-10(2)14(12(7-9)18-11(3)16)15(4,5)8-13(17)19/h6-7H,8H2,1-5H3,(H,17,19)/p-1. The Morgan fingerprint density at radius 3 is 2.32 bits per heavy atom. The third kappa shape index (κ3) is 4.03. The number of esters is 1. The van der Waals surface area contributed by atoms with Crippen LogP contribution >= 0.6 is 0 Å². The maximum absolute atomic E-state index is 11.3. The summed E-state index contributed by atoms with van der Waals surface area (Å²) in [5.74, 6) is 0.151. The molecule has 104 valence electrons. The van der Waals surface area contributed by atoms with Crippen molar-refractivity contribution in [1.29, 1.82) is 0 Å². The van der Waals surface area contributed by atoms with Gasteiger partial charge < -0.3 is 22.2 Å². The molecular weight excluding hydrogens is 260 g/mol. The van der Waals surface area contributed by atoms with E-state index in [4.69, 9.17) is 4.74 Å². The minimum atomic E-state index is -0.457. The summed E-state index contributed by atoms with van der Waals surface area (Å²) < 4.78 is 5.29. The zero-order chi connectivity index (χ0) is 14.8. The summed E-state index contributed by atoms with van der Waals surface area (Å²) in [7, 11) is 0. The van der Waals surface area contributed by atoms with E-state index in [0.29, 0.717) is 5.75 Å². The number of carbonyl (C=O) groups excluding carboxylic acids is 2. The van der Waals surface area contributed by atoms with Crippen molar-refractivity contribution < 1.29 is 14.3 Å². The molecule has 0 saturated heterocycles. The van der Waals surface area contributed by atoms with Crippen LogP contribution in [0.25, 0.3) is 0 Å². The zero-order valence-corrected chi connectivity index (χ0v) is 12.8. The lowest BCUT2D eigenvalue weighted by Crippen LogP contribution is -2.24. The predicted octanol–water partition coefficient (Wildman–Crippen LogP) is 2.97. The first kappa shape index (κ1) is 15.6. The van der Waals surface area contributed by atoms with E-state index in [1.807, 2.05) is 39.8 Å². The van der Waals surface area contributed by atoms with Crippen LogP contribution in [0.15, 0.2) is 12.1 Å². The Balaban J connectivity index is 3.39. The molecule has 0 spiro atoms. The van der Waals surface area contributed by atoms with E-state index in [2.05, 4.69) is 12.6 Å². The molecule has 0 aromatic heterocycles. The summed E-state index contributed by atoms with van der Waals surface area (Å²) in [6, 6.07) is 3.83. The Kier molecular flexibility index (Phi) is 4.69. The first-order valence-electron chi connectivity index (χ1n) is 6.13. The third-order valence-electron chi connectivity index (χ3n) is 2.96. The van der Waals surface area contributed by atoms with Gasteiger partial charge in [-0.1, -0.05) is 19.9 Å². The first-order chi connectivity index (χ1) is 8.63. The number of ether oxygens (including phenoxy) is 1. The van der Waals surface area contributed by atoms with Crippen LogP contribution in [0.3, 0.4) is 0 Å². The van der Waals surface area contributed by atoms with Gasteiger partial charge in [-0.3, -0.25) is 4.79 Å². The molecule has 0 aliphatic carbocycles. The second kappa shape index (κ2) is 5.70. The Morgan fingerprint density at radius 2 is 1.84 bits per heavy atom. The molecule has 1 aromatic carbocycles. The molecule has 0 atom stereocenters. The third-order valence-corrected chi connectivity index (χ3v) is 3.10. The number of aryl methyl sites for hydroxylation is 2. The van der Waals surface area contributed by atoms with Gasteiger partial charge in [0.2, 0.25) is 0 Å². The number of benzene rings is 1. The van der Waals surface area contributed by atoms with Crippen LogP contribution in [0.4, 0.5) is 0 Å². The Labute approximate surface area is 119 Å². The van der Waals surface area contributed by atoms with E-state index in [1.165, 1.54) is 6.92 Å². The van der Waals surface area contributed by atoms with Crippen molar-refractivity contribution in [1.82, 2.24) is 0 Å². The fourth-order valence-electron chi connectivity index (χ4n) is 2.48. The van der Waals surface area contributed by atoms with Gasteiger partial charge in [0, 0.05) is 17.6 Å². The summed E-state index contributed by atoms with van der Waals surface area (Å²) in [6.07, 6.45) is 0.237. The number of carbonyl (C=O) groups is 2. The van der Waals surface area contributed by atoms with Gasteiger partial charge in [0.15, 0.2) is 0 Å². The summed E-state index contributed by atoms with van der Waals surface area (Å²) in [5.41, 5.74) is 2.42. The quantitative estimate of drug-likeness (QED) is 0.483. The molecule has 0 heterocycles. The van der Waals surface area contributed by atoms with Crippen molar-refractivity contribution in [3.8, 4) is 5.75 Å². The van der Waals surface area contributed by atoms with Crippen molar-refractivity contribution in [3.63, 3.8) is 0 Å². The van der Waals surface area contributed by atoms with E-state index in [1.54, 1.807) is 0 Å². The number of rotatable bonds is 4. The minimum absolute atomic E-state index is 0.237. The van der Waals surface area contributed by atoms with Crippen LogP contribution in [0.1, 0.15) is 43.9 Å². The van der Waals surface area contributed by atoms with Gasteiger partial charge in [0.05, 0.1) is 0 Å². The molecule has 1 aromatic rings. The zero-order valence-electron chi connectivity index (χ0n) is 12.0. The Hall–Kier alpha value is -1.42. The molecule has 1 rings (SSSR count). The van der Waals surface area contributed by atoms with Crippen molar-refractivity contribution >= 4 is 23.7 Å². The van der Waals surface area contributed by atoms with E-state index in [0.717, 1.165) is 16.7 Å². The van der Waals surface area contributed by atoms with Gasteiger partial charge in [0.1, 0.15) is 5.75 Å². The van der Waals surface area contributed by atoms with Gasteiger partial charge in [0.25, 0.3) is 0 Å². The number of hydrogen-bond donors (Lipinski definition) is 0. The predicted molar refractivity (Wildman–Crippen MR) is 77.2 cm³/mol. The lowest BCUT2D eigenvalue weighted by Gasteiger charge is -2.30. The van der Waals surface area contributed by atoms with E-state index in [-0.39, 0.29) is 17.5 Å². The van der Waals surface area contributed by atoms with Gasteiger partial charge in [-0.2, -0.15) is 0 Å². The lowest BCUT2D eigenvalue weighted by molar-refractivity contribution is -0.131. The van der Waals surface area contributed by atoms with Crippen molar-refractivity contribution in [3.05, 3.63) is 28.8 Å². The first-order valence-corrected chi connectivity index (χ1v) is 6.54. The summed E-state index contributed by atoms with van der Waals surface area (Å²) in [4.78, 5) is 22.5. The van der Waals surface area contributed by atoms with Crippen LogP contribution in [0.5, 0.6) is 5.75 Å². The average molecular weight is 279 g/mol. The Morgan fingerprint density at radius 1 is 1.26 bits per heavy atom. The monoisotopic (exact) mass is 279 g/mol. The van der Waals surface area contributed by atoms with Gasteiger partial charge in [-0.15, -0.1) is 0 Å². The molecule has 0 fully saturated rings. The van der Waals surface area contributed by atoms with Crippen molar-refractivity contribution in [2.45, 2.75) is 46.5 Å². The highest BCUT2D eigenvalue weighted by molar-refractivity contribution is 7.77. The highest BCUT2D eigenvalue weighted by Crippen LogP contribution is 2.38. The van der Waals surface area contributed by atoms with Crippen LogP contribution < -0.4 is 4.74 Å². The molecule has 0 saturated carbocycles. The molecule has 0 aliphatic heterocycles. The normalized spacial score (nSPS) is 11.2. The highest BCUT2D eigenvalue weighted by atomic mass is 32.1. The van der Waals surface area contributed by atoms with E-state index in [9.17, 15) is 9.59 Å². The highest BCUT2D eigenvalue weighted by Gasteiger charge is 2.27. The van der Waals surface area contributed by atoms with Crippen LogP contribution in [-0.4, -0.2) is 11.1 Å². The molecule has 19 heavy (non-hydrogen) atoms. The topological polar surface area (TPSA) is 43.4 Å². The summed E-state index contributed by atoms with van der Waals surface area (Å²) >= 11 is 4.68. The molecule has 0 radical (unpaired) electrons. The molecule has 0 unspecified atom stereocenters. The average Bonchev–Trinajstić information content (AvgIpc) is 2.10. The van der Waals surface area contributed by atoms with Gasteiger partial charge in [-0.05, 0) is 42.9 Å². The maximum atomic E-state index is 11.3. The largest absolute Gasteiger partial charge is 0.742 e. The fraction of sp³-hybridized carbons (Fsp3) is 0.467. The van der Waals surface area contributed by atoms with Gasteiger partial charge >= 0.3 is 5.97 Å². The minimum Gasteiger partial charge on any atom is -0.742 e. The van der Waals surface area contributed by atoms with E-state index < -0.39 is 5.41 Å². The summed E-state index contributed by atoms with van der Waals surface area (Å²) in [6.45, 7) is 9.12. The molecular formula is C15H19O3S-. The molecule has 3 nitrogen and oxygen atoms in total. The van der Waals surface area contributed by atoms with E-state index >= 15 is 0 Å². The van der Waals surface area contributed by atoms with Crippen molar-refractivity contribution in [2.75, 3.05) is 0 Å². The van der Waals surface area contributed by atoms with Crippen molar-refractivity contribution in [2.24, 2.45) is 0 Å². The van der Waals surface area contributed by atoms with Gasteiger partial charge in [-0.25, -0.2) is 0 Å². The second-order valence-corrected chi connectivity index (χ2v) is 5.94. The molecule has 0 amide bonds. The van der Waals surface area contributed by atoms with Crippen LogP contribution in [-0.2, 0) is 27.6 Å². The smallest absolute Gasteiger partial charge is 0.308 e. The SMILES string of the molecule is CC(=O)Oc1cc(C)cc(C)c1C(C)(C)CC(=O)[S-]. The second-order valence-electron chi connectivity index (χ2n) is 5.48. The lowest BCUT2D eigenvalue weighted by atomic mass is 9.78. The van der Waals surface area contributed by atoms with Crippen LogP contribution in [0, 0.1) is 13.8 Å².